The predicted octanol–water partition coefficient (Wildman–Crippen LogP) is 3.47. The summed E-state index contributed by atoms with van der Waals surface area (Å²) in [7, 11) is 1.86. The Morgan fingerprint density at radius 1 is 1.32 bits per heavy atom. The van der Waals surface area contributed by atoms with Gasteiger partial charge in [-0.25, -0.2) is 4.79 Å². The second kappa shape index (κ2) is 6.60. The van der Waals surface area contributed by atoms with Gasteiger partial charge in [-0.05, 0) is 25.3 Å². The highest BCUT2D eigenvalue weighted by atomic mass is 16.2. The van der Waals surface area contributed by atoms with Crippen LogP contribution in [0, 0.1) is 6.92 Å². The van der Waals surface area contributed by atoms with Crippen LogP contribution >= 0.6 is 0 Å². The molecular formula is C16H24N2O. The first kappa shape index (κ1) is 13.9. The number of hydrogen-bond acceptors (Lipinski definition) is 1. The van der Waals surface area contributed by atoms with Crippen LogP contribution in [-0.4, -0.2) is 24.0 Å². The van der Waals surface area contributed by atoms with Crippen LogP contribution in [0.1, 0.15) is 43.2 Å². The van der Waals surface area contributed by atoms with Crippen molar-refractivity contribution < 1.29 is 4.79 Å². The van der Waals surface area contributed by atoms with E-state index in [0.29, 0.717) is 12.6 Å². The van der Waals surface area contributed by atoms with E-state index in [-0.39, 0.29) is 6.03 Å². The minimum atomic E-state index is 0.0495. The van der Waals surface area contributed by atoms with E-state index in [2.05, 4.69) is 30.4 Å². The number of nitrogens with one attached hydrogen (secondary N) is 1. The molecule has 0 aromatic heterocycles. The molecule has 0 radical (unpaired) electrons. The molecule has 1 aliphatic rings. The first-order valence-corrected chi connectivity index (χ1v) is 7.22. The lowest BCUT2D eigenvalue weighted by atomic mass is 9.96. The molecule has 0 unspecified atom stereocenters. The molecular weight excluding hydrogens is 236 g/mol. The normalized spacial score (nSPS) is 16.1. The highest BCUT2D eigenvalue weighted by Crippen LogP contribution is 2.17. The van der Waals surface area contributed by atoms with Gasteiger partial charge in [-0.15, -0.1) is 0 Å². The van der Waals surface area contributed by atoms with Crippen molar-refractivity contribution in [1.29, 1.82) is 0 Å². The van der Waals surface area contributed by atoms with Crippen molar-refractivity contribution in [3.05, 3.63) is 35.4 Å². The predicted molar refractivity (Wildman–Crippen MR) is 78.1 cm³/mol. The van der Waals surface area contributed by atoms with Crippen molar-refractivity contribution in [3.8, 4) is 0 Å². The zero-order valence-electron chi connectivity index (χ0n) is 12.0. The number of carbonyl (C=O) groups is 1. The molecule has 3 nitrogen and oxygen atoms in total. The Labute approximate surface area is 116 Å². The van der Waals surface area contributed by atoms with Gasteiger partial charge in [0.2, 0.25) is 0 Å². The summed E-state index contributed by atoms with van der Waals surface area (Å²) in [6, 6.07) is 8.74. The molecule has 1 aromatic rings. The number of nitrogens with zero attached hydrogens (tertiary/aromatic N) is 1. The van der Waals surface area contributed by atoms with E-state index in [1.54, 1.807) is 4.90 Å². The van der Waals surface area contributed by atoms with E-state index < -0.39 is 0 Å². The lowest BCUT2D eigenvalue weighted by Gasteiger charge is -2.26. The maximum Gasteiger partial charge on any atom is 0.317 e. The molecule has 104 valence electrons. The monoisotopic (exact) mass is 260 g/mol. The average molecular weight is 260 g/mol. The van der Waals surface area contributed by atoms with Gasteiger partial charge in [-0.2, -0.15) is 0 Å². The van der Waals surface area contributed by atoms with Crippen LogP contribution < -0.4 is 5.32 Å². The third-order valence-corrected chi connectivity index (χ3v) is 3.78. The summed E-state index contributed by atoms with van der Waals surface area (Å²) in [4.78, 5) is 13.9. The number of aryl methyl sites for hydroxylation is 1. The Hall–Kier alpha value is -1.51. The van der Waals surface area contributed by atoms with Crippen molar-refractivity contribution in [1.82, 2.24) is 10.2 Å². The van der Waals surface area contributed by atoms with Crippen LogP contribution in [0.5, 0.6) is 0 Å². The molecule has 1 fully saturated rings. The summed E-state index contributed by atoms with van der Waals surface area (Å²) >= 11 is 0. The molecule has 0 saturated heterocycles. The van der Waals surface area contributed by atoms with Gasteiger partial charge in [-0.1, -0.05) is 49.1 Å². The van der Waals surface area contributed by atoms with Gasteiger partial charge in [0.25, 0.3) is 0 Å². The lowest BCUT2D eigenvalue weighted by Crippen LogP contribution is -2.43. The number of rotatable bonds is 3. The summed E-state index contributed by atoms with van der Waals surface area (Å²) in [5.41, 5.74) is 2.42. The molecule has 1 saturated carbocycles. The van der Waals surface area contributed by atoms with Crippen LogP contribution in [0.3, 0.4) is 0 Å². The number of benzene rings is 1. The minimum Gasteiger partial charge on any atom is -0.335 e. The van der Waals surface area contributed by atoms with Gasteiger partial charge in [0.15, 0.2) is 0 Å². The van der Waals surface area contributed by atoms with Gasteiger partial charge < -0.3 is 10.2 Å². The fourth-order valence-electron chi connectivity index (χ4n) is 2.69. The van der Waals surface area contributed by atoms with Crippen LogP contribution in [0.15, 0.2) is 24.3 Å². The molecule has 2 rings (SSSR count). The van der Waals surface area contributed by atoms with Crippen molar-refractivity contribution in [2.24, 2.45) is 0 Å². The first-order valence-electron chi connectivity index (χ1n) is 7.22. The Balaban J connectivity index is 1.84. The Kier molecular flexibility index (Phi) is 4.83. The van der Waals surface area contributed by atoms with Gasteiger partial charge in [0.1, 0.15) is 0 Å². The summed E-state index contributed by atoms with van der Waals surface area (Å²) < 4.78 is 0. The van der Waals surface area contributed by atoms with Crippen molar-refractivity contribution >= 4 is 6.03 Å². The Bertz CT molecular complexity index is 425. The second-order valence-corrected chi connectivity index (χ2v) is 5.63. The molecule has 0 bridgehead atoms. The summed E-state index contributed by atoms with van der Waals surface area (Å²) in [6.45, 7) is 2.74. The van der Waals surface area contributed by atoms with Gasteiger partial charge in [-0.3, -0.25) is 0 Å². The number of carbonyl (C=O) groups excluding carboxylic acids is 1. The van der Waals surface area contributed by atoms with Gasteiger partial charge >= 0.3 is 6.03 Å². The summed E-state index contributed by atoms with van der Waals surface area (Å²) in [6.07, 6.45) is 6.05. The van der Waals surface area contributed by atoms with Crippen molar-refractivity contribution in [2.45, 2.75) is 51.6 Å². The summed E-state index contributed by atoms with van der Waals surface area (Å²) in [5, 5.41) is 3.14. The van der Waals surface area contributed by atoms with Gasteiger partial charge in [0.05, 0.1) is 0 Å². The van der Waals surface area contributed by atoms with E-state index in [0.717, 1.165) is 12.8 Å². The SMILES string of the molecule is Cc1cccc(CN(C)C(=O)NC2CCCCC2)c1. The van der Waals surface area contributed by atoms with Gasteiger partial charge in [0, 0.05) is 19.6 Å². The maximum absolute atomic E-state index is 12.1. The molecule has 1 N–H and O–H groups in total. The van der Waals surface area contributed by atoms with Crippen LogP contribution in [0.2, 0.25) is 0 Å². The molecule has 2 amide bonds. The minimum absolute atomic E-state index is 0.0495. The zero-order chi connectivity index (χ0) is 13.7. The third kappa shape index (κ3) is 4.27. The largest absolute Gasteiger partial charge is 0.335 e. The van der Waals surface area contributed by atoms with Crippen molar-refractivity contribution in [2.75, 3.05) is 7.05 Å². The first-order chi connectivity index (χ1) is 9.15. The number of hydrogen-bond donors (Lipinski definition) is 1. The Morgan fingerprint density at radius 3 is 2.74 bits per heavy atom. The topological polar surface area (TPSA) is 32.3 Å². The Morgan fingerprint density at radius 2 is 2.05 bits per heavy atom. The second-order valence-electron chi connectivity index (χ2n) is 5.63. The smallest absolute Gasteiger partial charge is 0.317 e. The van der Waals surface area contributed by atoms with Crippen LogP contribution in [0.25, 0.3) is 0 Å². The van der Waals surface area contributed by atoms with Crippen LogP contribution in [-0.2, 0) is 6.54 Å². The third-order valence-electron chi connectivity index (χ3n) is 3.78. The average Bonchev–Trinajstić information content (AvgIpc) is 2.40. The highest BCUT2D eigenvalue weighted by Gasteiger charge is 2.17. The lowest BCUT2D eigenvalue weighted by molar-refractivity contribution is 0.198. The summed E-state index contributed by atoms with van der Waals surface area (Å²) in [5.74, 6) is 0. The zero-order valence-corrected chi connectivity index (χ0v) is 12.0. The molecule has 0 heterocycles. The van der Waals surface area contributed by atoms with Crippen molar-refractivity contribution in [3.63, 3.8) is 0 Å². The number of urea groups is 1. The molecule has 1 aromatic carbocycles. The molecule has 0 atom stereocenters. The molecule has 19 heavy (non-hydrogen) atoms. The standard InChI is InChI=1S/C16H24N2O/c1-13-7-6-8-14(11-13)12-18(2)16(19)17-15-9-4-3-5-10-15/h6-8,11,15H,3-5,9-10,12H2,1-2H3,(H,17,19). The van der Waals surface area contributed by atoms with E-state index >= 15 is 0 Å². The molecule has 1 aliphatic carbocycles. The fourth-order valence-corrected chi connectivity index (χ4v) is 2.69. The molecule has 3 heteroatoms. The quantitative estimate of drug-likeness (QED) is 0.886. The molecule has 0 aliphatic heterocycles. The van der Waals surface area contributed by atoms with E-state index in [9.17, 15) is 4.79 Å². The van der Waals surface area contributed by atoms with E-state index in [1.807, 2.05) is 13.1 Å². The maximum atomic E-state index is 12.1. The number of amides is 2. The highest BCUT2D eigenvalue weighted by molar-refractivity contribution is 5.74. The van der Waals surface area contributed by atoms with Crippen LogP contribution in [0.4, 0.5) is 4.79 Å². The van der Waals surface area contributed by atoms with E-state index in [4.69, 9.17) is 0 Å². The van der Waals surface area contributed by atoms with E-state index in [1.165, 1.54) is 30.4 Å². The fraction of sp³-hybridized carbons (Fsp3) is 0.562. The molecule has 0 spiro atoms.